The van der Waals surface area contributed by atoms with Crippen LogP contribution >= 0.6 is 0 Å². The summed E-state index contributed by atoms with van der Waals surface area (Å²) in [6.07, 6.45) is 3.75. The van der Waals surface area contributed by atoms with Crippen LogP contribution in [-0.4, -0.2) is 32.2 Å². The number of unbranched alkanes of at least 4 members (excludes halogenated alkanes) is 3. The van der Waals surface area contributed by atoms with E-state index in [9.17, 15) is 4.79 Å². The first-order chi connectivity index (χ1) is 11.3. The van der Waals surface area contributed by atoms with Gasteiger partial charge in [-0.05, 0) is 24.4 Å². The van der Waals surface area contributed by atoms with Crippen LogP contribution in [0.15, 0.2) is 29.4 Å². The van der Waals surface area contributed by atoms with Crippen molar-refractivity contribution in [2.75, 3.05) is 31.2 Å². The average Bonchev–Trinajstić information content (AvgIpc) is 3.15. The number of rotatable bonds is 7. The van der Waals surface area contributed by atoms with Gasteiger partial charge in [-0.25, -0.2) is 0 Å². The van der Waals surface area contributed by atoms with Crippen molar-refractivity contribution in [1.29, 1.82) is 0 Å². The van der Waals surface area contributed by atoms with E-state index < -0.39 is 5.79 Å². The zero-order valence-corrected chi connectivity index (χ0v) is 13.0. The third-order valence-electron chi connectivity index (χ3n) is 4.22. The molecular weight excluding hydrogens is 296 g/mol. The number of carbonyl (C=O) groups is 1. The Balaban J connectivity index is 1.62. The SMILES string of the molecule is [N-]=[N+]=NCCCCCCN1C(=O)C2(OCCO2)c2ccccc21. The first-order valence-electron chi connectivity index (χ1n) is 8.00. The summed E-state index contributed by atoms with van der Waals surface area (Å²) in [6, 6.07) is 7.66. The number of para-hydroxylation sites is 1. The van der Waals surface area contributed by atoms with Crippen LogP contribution in [0.3, 0.4) is 0 Å². The number of benzene rings is 1. The van der Waals surface area contributed by atoms with Gasteiger partial charge in [0.05, 0.1) is 18.9 Å². The fourth-order valence-electron chi connectivity index (χ4n) is 3.15. The molecule has 0 saturated carbocycles. The number of fused-ring (bicyclic) bond motifs is 2. The molecule has 2 aliphatic rings. The van der Waals surface area contributed by atoms with Crippen molar-refractivity contribution in [2.45, 2.75) is 31.5 Å². The van der Waals surface area contributed by atoms with Gasteiger partial charge in [0.2, 0.25) is 0 Å². The van der Waals surface area contributed by atoms with E-state index in [1.807, 2.05) is 24.3 Å². The largest absolute Gasteiger partial charge is 0.336 e. The summed E-state index contributed by atoms with van der Waals surface area (Å²) in [5.74, 6) is -1.34. The van der Waals surface area contributed by atoms with Gasteiger partial charge >= 0.3 is 0 Å². The van der Waals surface area contributed by atoms with E-state index in [2.05, 4.69) is 10.0 Å². The third kappa shape index (κ3) is 2.91. The molecule has 1 saturated heterocycles. The molecule has 122 valence electrons. The molecule has 1 aromatic carbocycles. The number of anilines is 1. The van der Waals surface area contributed by atoms with Crippen molar-refractivity contribution in [3.05, 3.63) is 40.3 Å². The molecule has 7 heteroatoms. The summed E-state index contributed by atoms with van der Waals surface area (Å²) >= 11 is 0. The second kappa shape index (κ2) is 7.00. The molecule has 0 aromatic heterocycles. The molecular formula is C16H20N4O3. The smallest absolute Gasteiger partial charge is 0.292 e. The first kappa shape index (κ1) is 15.8. The molecule has 1 aromatic rings. The zero-order chi connectivity index (χ0) is 16.1. The molecule has 1 fully saturated rings. The van der Waals surface area contributed by atoms with Crippen LogP contribution in [0.1, 0.15) is 31.2 Å². The van der Waals surface area contributed by atoms with Crippen molar-refractivity contribution in [1.82, 2.24) is 0 Å². The van der Waals surface area contributed by atoms with Crippen molar-refractivity contribution in [3.63, 3.8) is 0 Å². The highest BCUT2D eigenvalue weighted by Gasteiger charge is 2.55. The Kier molecular flexibility index (Phi) is 4.81. The van der Waals surface area contributed by atoms with Crippen LogP contribution in [-0.2, 0) is 20.1 Å². The maximum absolute atomic E-state index is 12.8. The van der Waals surface area contributed by atoms with E-state index in [1.165, 1.54) is 0 Å². The molecule has 1 amide bonds. The highest BCUT2D eigenvalue weighted by molar-refractivity contribution is 6.06. The zero-order valence-electron chi connectivity index (χ0n) is 13.0. The van der Waals surface area contributed by atoms with E-state index in [4.69, 9.17) is 15.0 Å². The summed E-state index contributed by atoms with van der Waals surface area (Å²) < 4.78 is 11.4. The van der Waals surface area contributed by atoms with Gasteiger partial charge in [-0.2, -0.15) is 0 Å². The number of hydrogen-bond acceptors (Lipinski definition) is 4. The molecule has 2 heterocycles. The minimum atomic E-state index is -1.22. The second-order valence-electron chi connectivity index (χ2n) is 5.66. The summed E-state index contributed by atoms with van der Waals surface area (Å²) in [5, 5.41) is 3.52. The third-order valence-corrected chi connectivity index (χ3v) is 4.22. The predicted octanol–water partition coefficient (Wildman–Crippen LogP) is 3.10. The lowest BCUT2D eigenvalue weighted by atomic mass is 10.1. The average molecular weight is 316 g/mol. The minimum Gasteiger partial charge on any atom is -0.336 e. The molecule has 3 rings (SSSR count). The summed E-state index contributed by atoms with van der Waals surface area (Å²) in [5.41, 5.74) is 9.92. The molecule has 0 atom stereocenters. The number of azide groups is 1. The monoisotopic (exact) mass is 316 g/mol. The van der Waals surface area contributed by atoms with Gasteiger partial charge in [-0.3, -0.25) is 4.79 Å². The van der Waals surface area contributed by atoms with Gasteiger partial charge < -0.3 is 14.4 Å². The molecule has 0 radical (unpaired) electrons. The molecule has 2 aliphatic heterocycles. The number of hydrogen-bond donors (Lipinski definition) is 0. The van der Waals surface area contributed by atoms with Gasteiger partial charge in [0.25, 0.3) is 11.7 Å². The maximum Gasteiger partial charge on any atom is 0.292 e. The summed E-state index contributed by atoms with van der Waals surface area (Å²) in [6.45, 7) is 2.05. The van der Waals surface area contributed by atoms with E-state index in [1.54, 1.807) is 4.90 Å². The Hall–Kier alpha value is -2.08. The Morgan fingerprint density at radius 3 is 2.70 bits per heavy atom. The Morgan fingerprint density at radius 2 is 1.91 bits per heavy atom. The predicted molar refractivity (Wildman–Crippen MR) is 84.9 cm³/mol. The quantitative estimate of drug-likeness (QED) is 0.335. The lowest BCUT2D eigenvalue weighted by Crippen LogP contribution is -2.41. The molecule has 0 bridgehead atoms. The summed E-state index contributed by atoms with van der Waals surface area (Å²) in [4.78, 5) is 17.3. The highest BCUT2D eigenvalue weighted by Crippen LogP contribution is 2.45. The molecule has 23 heavy (non-hydrogen) atoms. The van der Waals surface area contributed by atoms with E-state index in [0.717, 1.165) is 36.9 Å². The fourth-order valence-corrected chi connectivity index (χ4v) is 3.15. The second-order valence-corrected chi connectivity index (χ2v) is 5.66. The summed E-state index contributed by atoms with van der Waals surface area (Å²) in [7, 11) is 0. The van der Waals surface area contributed by atoms with Gasteiger partial charge in [0.1, 0.15) is 0 Å². The van der Waals surface area contributed by atoms with Crippen LogP contribution in [0.5, 0.6) is 0 Å². The van der Waals surface area contributed by atoms with Crippen LogP contribution in [0, 0.1) is 0 Å². The lowest BCUT2D eigenvalue weighted by molar-refractivity contribution is -0.180. The topological polar surface area (TPSA) is 87.5 Å². The normalized spacial score (nSPS) is 18.3. The van der Waals surface area contributed by atoms with Crippen molar-refractivity contribution in [2.24, 2.45) is 5.11 Å². The Morgan fingerprint density at radius 1 is 1.17 bits per heavy atom. The molecule has 0 aliphatic carbocycles. The highest BCUT2D eigenvalue weighted by atomic mass is 16.7. The fraction of sp³-hybridized carbons (Fsp3) is 0.562. The van der Waals surface area contributed by atoms with Gasteiger partial charge in [0, 0.05) is 23.6 Å². The number of nitrogens with zero attached hydrogens (tertiary/aromatic N) is 4. The van der Waals surface area contributed by atoms with E-state index >= 15 is 0 Å². The van der Waals surface area contributed by atoms with E-state index in [-0.39, 0.29) is 5.91 Å². The first-order valence-corrected chi connectivity index (χ1v) is 8.00. The minimum absolute atomic E-state index is 0.120. The van der Waals surface area contributed by atoms with Crippen LogP contribution in [0.2, 0.25) is 0 Å². The number of amides is 1. The van der Waals surface area contributed by atoms with Crippen molar-refractivity contribution in [3.8, 4) is 0 Å². The number of ether oxygens (including phenoxy) is 2. The van der Waals surface area contributed by atoms with Crippen LogP contribution in [0.25, 0.3) is 10.4 Å². The van der Waals surface area contributed by atoms with Gasteiger partial charge in [-0.1, -0.05) is 36.2 Å². The van der Waals surface area contributed by atoms with Crippen molar-refractivity contribution >= 4 is 11.6 Å². The van der Waals surface area contributed by atoms with Crippen LogP contribution < -0.4 is 4.90 Å². The van der Waals surface area contributed by atoms with Crippen molar-refractivity contribution < 1.29 is 14.3 Å². The lowest BCUT2D eigenvalue weighted by Gasteiger charge is -2.22. The molecule has 0 unspecified atom stereocenters. The molecule has 7 nitrogen and oxygen atoms in total. The Bertz CT molecular complexity index is 622. The van der Waals surface area contributed by atoms with Gasteiger partial charge in [0.15, 0.2) is 0 Å². The maximum atomic E-state index is 12.8. The standard InChI is InChI=1S/C16H20N4O3/c17-19-18-9-5-1-2-6-10-20-14-8-4-3-7-13(14)16(15(20)21)22-11-12-23-16/h3-4,7-8H,1-2,5-6,9-12H2. The van der Waals surface area contributed by atoms with Gasteiger partial charge in [-0.15, -0.1) is 0 Å². The molecule has 0 N–H and O–H groups in total. The number of carbonyl (C=O) groups excluding carboxylic acids is 1. The van der Waals surface area contributed by atoms with Crippen LogP contribution in [0.4, 0.5) is 5.69 Å². The Labute approximate surface area is 134 Å². The molecule has 1 spiro atoms. The van der Waals surface area contributed by atoms with E-state index in [0.29, 0.717) is 26.3 Å².